The molecule has 0 spiro atoms. The highest BCUT2D eigenvalue weighted by molar-refractivity contribution is 6.33. The van der Waals surface area contributed by atoms with Crippen molar-refractivity contribution in [2.75, 3.05) is 31.7 Å². The third-order valence-corrected chi connectivity index (χ3v) is 2.88. The van der Waals surface area contributed by atoms with Crippen LogP contribution in [0.4, 0.5) is 11.4 Å². The van der Waals surface area contributed by atoms with E-state index in [0.29, 0.717) is 32.1 Å². The van der Waals surface area contributed by atoms with Crippen molar-refractivity contribution in [2.45, 2.75) is 6.10 Å². The zero-order valence-electron chi connectivity index (χ0n) is 9.60. The van der Waals surface area contributed by atoms with Gasteiger partial charge in [-0.25, -0.2) is 0 Å². The van der Waals surface area contributed by atoms with Crippen LogP contribution in [0.25, 0.3) is 0 Å². The molecule has 1 aromatic rings. The van der Waals surface area contributed by atoms with Crippen molar-refractivity contribution in [3.05, 3.63) is 33.3 Å². The molecule has 1 saturated heterocycles. The summed E-state index contributed by atoms with van der Waals surface area (Å²) in [6.45, 7) is 2.07. The van der Waals surface area contributed by atoms with Gasteiger partial charge in [-0.3, -0.25) is 10.1 Å². The van der Waals surface area contributed by atoms with E-state index in [1.165, 1.54) is 6.07 Å². The third kappa shape index (κ3) is 3.10. The summed E-state index contributed by atoms with van der Waals surface area (Å²) in [4.78, 5) is 10.4. The van der Waals surface area contributed by atoms with Crippen molar-refractivity contribution >= 4 is 23.0 Å². The summed E-state index contributed by atoms with van der Waals surface area (Å²) in [5, 5.41) is 14.0. The number of nitrogens with zero attached hydrogens (tertiary/aromatic N) is 1. The first-order chi connectivity index (χ1) is 8.68. The van der Waals surface area contributed by atoms with E-state index in [1.807, 2.05) is 0 Å². The number of benzene rings is 1. The van der Waals surface area contributed by atoms with Gasteiger partial charge in [-0.2, -0.15) is 0 Å². The van der Waals surface area contributed by atoms with Crippen LogP contribution < -0.4 is 5.32 Å². The van der Waals surface area contributed by atoms with E-state index in [9.17, 15) is 10.1 Å². The number of nitrogens with one attached hydrogen (secondary N) is 1. The first kappa shape index (κ1) is 13.1. The Kier molecular flexibility index (Phi) is 4.35. The Morgan fingerprint density at radius 1 is 1.50 bits per heavy atom. The molecule has 0 radical (unpaired) electrons. The molecule has 2 rings (SSSR count). The normalized spacial score (nSPS) is 19.5. The molecule has 1 N–H and O–H groups in total. The van der Waals surface area contributed by atoms with Crippen LogP contribution >= 0.6 is 11.6 Å². The Hall–Kier alpha value is -1.37. The van der Waals surface area contributed by atoms with Crippen molar-refractivity contribution in [3.63, 3.8) is 0 Å². The lowest BCUT2D eigenvalue weighted by molar-refractivity contribution is -0.383. The fourth-order valence-electron chi connectivity index (χ4n) is 1.72. The molecule has 98 valence electrons. The van der Waals surface area contributed by atoms with E-state index in [4.69, 9.17) is 21.1 Å². The lowest BCUT2D eigenvalue weighted by Crippen LogP contribution is -2.34. The van der Waals surface area contributed by atoms with E-state index < -0.39 is 4.92 Å². The van der Waals surface area contributed by atoms with Crippen LogP contribution in [0.5, 0.6) is 0 Å². The fourth-order valence-corrected chi connectivity index (χ4v) is 1.97. The van der Waals surface area contributed by atoms with Gasteiger partial charge in [-0.1, -0.05) is 17.7 Å². The largest absolute Gasteiger partial charge is 0.377 e. The molecule has 0 amide bonds. The Labute approximate surface area is 109 Å². The molecule has 7 heteroatoms. The van der Waals surface area contributed by atoms with Crippen molar-refractivity contribution < 1.29 is 14.4 Å². The minimum atomic E-state index is -0.497. The standard InChI is InChI=1S/C11H13ClN2O4/c12-9-2-1-3-10(11(9)14(15)16)13-6-8-7-17-4-5-18-8/h1-3,8,13H,4-7H2. The highest BCUT2D eigenvalue weighted by Gasteiger charge is 2.20. The van der Waals surface area contributed by atoms with Gasteiger partial charge in [-0.15, -0.1) is 0 Å². The van der Waals surface area contributed by atoms with Gasteiger partial charge in [0, 0.05) is 6.54 Å². The van der Waals surface area contributed by atoms with Crippen LogP contribution in [0, 0.1) is 10.1 Å². The van der Waals surface area contributed by atoms with Gasteiger partial charge < -0.3 is 14.8 Å². The number of halogens is 1. The van der Waals surface area contributed by atoms with E-state index in [-0.39, 0.29) is 16.8 Å². The van der Waals surface area contributed by atoms with Crippen LogP contribution in [0.3, 0.4) is 0 Å². The maximum Gasteiger partial charge on any atom is 0.310 e. The molecule has 6 nitrogen and oxygen atoms in total. The Morgan fingerprint density at radius 2 is 2.33 bits per heavy atom. The van der Waals surface area contributed by atoms with Gasteiger partial charge in [0.1, 0.15) is 10.7 Å². The average molecular weight is 273 g/mol. The number of rotatable bonds is 4. The number of hydrogen-bond donors (Lipinski definition) is 1. The average Bonchev–Trinajstić information content (AvgIpc) is 2.37. The molecule has 0 saturated carbocycles. The van der Waals surface area contributed by atoms with E-state index in [1.54, 1.807) is 12.1 Å². The first-order valence-electron chi connectivity index (χ1n) is 5.54. The number of ether oxygens (including phenoxy) is 2. The van der Waals surface area contributed by atoms with Gasteiger partial charge in [0.25, 0.3) is 0 Å². The summed E-state index contributed by atoms with van der Waals surface area (Å²) in [5.41, 5.74) is 0.276. The predicted octanol–water partition coefficient (Wildman–Crippen LogP) is 2.08. The molecule has 1 aliphatic heterocycles. The second-order valence-corrected chi connectivity index (χ2v) is 4.25. The topological polar surface area (TPSA) is 73.6 Å². The predicted molar refractivity (Wildman–Crippen MR) is 67.2 cm³/mol. The van der Waals surface area contributed by atoms with Gasteiger partial charge in [0.05, 0.1) is 30.8 Å². The van der Waals surface area contributed by atoms with Gasteiger partial charge in [-0.05, 0) is 12.1 Å². The monoisotopic (exact) mass is 272 g/mol. The van der Waals surface area contributed by atoms with E-state index >= 15 is 0 Å². The summed E-state index contributed by atoms with van der Waals surface area (Å²) < 4.78 is 10.7. The summed E-state index contributed by atoms with van der Waals surface area (Å²) in [5.74, 6) is 0. The molecule has 1 fully saturated rings. The van der Waals surface area contributed by atoms with Crippen molar-refractivity contribution in [1.82, 2.24) is 0 Å². The summed E-state index contributed by atoms with van der Waals surface area (Å²) in [6, 6.07) is 4.77. The zero-order valence-corrected chi connectivity index (χ0v) is 10.4. The van der Waals surface area contributed by atoms with E-state index in [2.05, 4.69) is 5.32 Å². The highest BCUT2D eigenvalue weighted by atomic mass is 35.5. The molecular formula is C11H13ClN2O4. The molecule has 0 bridgehead atoms. The number of anilines is 1. The maximum atomic E-state index is 10.9. The van der Waals surface area contributed by atoms with Gasteiger partial charge in [0.2, 0.25) is 0 Å². The quantitative estimate of drug-likeness (QED) is 0.671. The smallest absolute Gasteiger partial charge is 0.310 e. The zero-order chi connectivity index (χ0) is 13.0. The summed E-state index contributed by atoms with van der Waals surface area (Å²) in [7, 11) is 0. The molecule has 1 unspecified atom stereocenters. The molecular weight excluding hydrogens is 260 g/mol. The third-order valence-electron chi connectivity index (χ3n) is 2.57. The minimum Gasteiger partial charge on any atom is -0.377 e. The number of hydrogen-bond acceptors (Lipinski definition) is 5. The van der Waals surface area contributed by atoms with E-state index in [0.717, 1.165) is 0 Å². The lowest BCUT2D eigenvalue weighted by Gasteiger charge is -2.23. The minimum absolute atomic E-state index is 0.0997. The summed E-state index contributed by atoms with van der Waals surface area (Å²) >= 11 is 5.81. The lowest BCUT2D eigenvalue weighted by atomic mass is 10.2. The maximum absolute atomic E-state index is 10.9. The fraction of sp³-hybridized carbons (Fsp3) is 0.455. The summed E-state index contributed by atoms with van der Waals surface area (Å²) in [6.07, 6.45) is -0.0997. The Balaban J connectivity index is 2.04. The number of para-hydroxylation sites is 1. The van der Waals surface area contributed by atoms with Gasteiger partial charge in [0.15, 0.2) is 0 Å². The number of nitro benzene ring substituents is 1. The molecule has 1 atom stereocenters. The molecule has 1 heterocycles. The second kappa shape index (κ2) is 5.99. The van der Waals surface area contributed by atoms with Crippen molar-refractivity contribution in [1.29, 1.82) is 0 Å². The molecule has 18 heavy (non-hydrogen) atoms. The number of nitro groups is 1. The van der Waals surface area contributed by atoms with Crippen LogP contribution in [-0.2, 0) is 9.47 Å². The highest BCUT2D eigenvalue weighted by Crippen LogP contribution is 2.32. The molecule has 1 aromatic carbocycles. The molecule has 0 aromatic heterocycles. The Morgan fingerprint density at radius 3 is 3.00 bits per heavy atom. The SMILES string of the molecule is O=[N+]([O-])c1c(Cl)cccc1NCC1COCCO1. The van der Waals surface area contributed by atoms with Crippen LogP contribution in [0.15, 0.2) is 18.2 Å². The van der Waals surface area contributed by atoms with Crippen molar-refractivity contribution in [3.8, 4) is 0 Å². The van der Waals surface area contributed by atoms with Crippen LogP contribution in [-0.4, -0.2) is 37.4 Å². The van der Waals surface area contributed by atoms with Crippen molar-refractivity contribution in [2.24, 2.45) is 0 Å². The molecule has 1 aliphatic rings. The first-order valence-corrected chi connectivity index (χ1v) is 5.92. The van der Waals surface area contributed by atoms with Crippen LogP contribution in [0.2, 0.25) is 5.02 Å². The molecule has 0 aliphatic carbocycles. The van der Waals surface area contributed by atoms with Gasteiger partial charge >= 0.3 is 5.69 Å². The van der Waals surface area contributed by atoms with Crippen LogP contribution in [0.1, 0.15) is 0 Å². The second-order valence-electron chi connectivity index (χ2n) is 3.84. The Bertz CT molecular complexity index is 435.